The second-order valence-electron chi connectivity index (χ2n) is 5.05. The zero-order valence-electron chi connectivity index (χ0n) is 13.6. The van der Waals surface area contributed by atoms with Crippen molar-refractivity contribution in [1.29, 1.82) is 0 Å². The first-order valence-corrected chi connectivity index (χ1v) is 9.00. The van der Waals surface area contributed by atoms with Crippen molar-refractivity contribution in [2.75, 3.05) is 30.0 Å². The van der Waals surface area contributed by atoms with Gasteiger partial charge < -0.3 is 14.8 Å². The van der Waals surface area contributed by atoms with E-state index in [4.69, 9.17) is 9.47 Å². The Balaban J connectivity index is 2.08. The zero-order chi connectivity index (χ0) is 18.4. The highest BCUT2D eigenvalue weighted by molar-refractivity contribution is 7.92. The fourth-order valence-corrected chi connectivity index (χ4v) is 2.55. The molecule has 9 heteroatoms. The molecule has 0 spiro atoms. The molecule has 0 aliphatic rings. The number of ether oxygens (including phenoxy) is 2. The first-order valence-electron chi connectivity index (χ1n) is 7.11. The molecule has 7 nitrogen and oxygen atoms in total. The van der Waals surface area contributed by atoms with Gasteiger partial charge in [0.25, 0.3) is 5.91 Å². The third-order valence-electron chi connectivity index (χ3n) is 2.98. The second-order valence-corrected chi connectivity index (χ2v) is 6.80. The van der Waals surface area contributed by atoms with E-state index in [0.717, 1.165) is 18.4 Å². The van der Waals surface area contributed by atoms with Crippen LogP contribution in [0, 0.1) is 5.82 Å². The number of carbonyl (C=O) groups excluding carboxylic acids is 1. The van der Waals surface area contributed by atoms with Crippen molar-refractivity contribution in [3.8, 4) is 11.5 Å². The molecule has 0 radical (unpaired) electrons. The molecule has 2 aromatic carbocycles. The predicted molar refractivity (Wildman–Crippen MR) is 92.0 cm³/mol. The first-order chi connectivity index (χ1) is 11.8. The maximum absolute atomic E-state index is 13.4. The SMILES string of the molecule is COc1ccccc1OCC(=O)Nc1cc(F)ccc1NS(C)(=O)=O. The van der Waals surface area contributed by atoms with Crippen molar-refractivity contribution in [1.82, 2.24) is 0 Å². The average molecular weight is 368 g/mol. The first kappa shape index (κ1) is 18.5. The van der Waals surface area contributed by atoms with E-state index >= 15 is 0 Å². The number of halogens is 1. The summed E-state index contributed by atoms with van der Waals surface area (Å²) >= 11 is 0. The average Bonchev–Trinajstić information content (AvgIpc) is 2.54. The quantitative estimate of drug-likeness (QED) is 0.782. The Hall–Kier alpha value is -2.81. The molecule has 0 aliphatic heterocycles. The maximum atomic E-state index is 13.4. The van der Waals surface area contributed by atoms with E-state index in [1.807, 2.05) is 0 Å². The van der Waals surface area contributed by atoms with Gasteiger partial charge in [-0.2, -0.15) is 0 Å². The van der Waals surface area contributed by atoms with Crippen LogP contribution in [0.3, 0.4) is 0 Å². The number of para-hydroxylation sites is 2. The van der Waals surface area contributed by atoms with Crippen molar-refractivity contribution < 1.29 is 27.1 Å². The van der Waals surface area contributed by atoms with Crippen molar-refractivity contribution in [3.05, 3.63) is 48.3 Å². The van der Waals surface area contributed by atoms with E-state index in [0.29, 0.717) is 11.5 Å². The fourth-order valence-electron chi connectivity index (χ4n) is 1.98. The van der Waals surface area contributed by atoms with Crippen molar-refractivity contribution in [3.63, 3.8) is 0 Å². The van der Waals surface area contributed by atoms with E-state index in [1.165, 1.54) is 13.2 Å². The number of sulfonamides is 1. The summed E-state index contributed by atoms with van der Waals surface area (Å²) in [6.07, 6.45) is 0.951. The molecule has 1 amide bonds. The molecule has 134 valence electrons. The minimum absolute atomic E-state index is 0.0148. The number of hydrogen-bond acceptors (Lipinski definition) is 5. The summed E-state index contributed by atoms with van der Waals surface area (Å²) in [5.74, 6) is -0.387. The van der Waals surface area contributed by atoms with Crippen LogP contribution in [0.15, 0.2) is 42.5 Å². The van der Waals surface area contributed by atoms with Crippen LogP contribution < -0.4 is 19.5 Å². The van der Waals surface area contributed by atoms with Crippen LogP contribution in [0.1, 0.15) is 0 Å². The number of carbonyl (C=O) groups is 1. The topological polar surface area (TPSA) is 93.7 Å². The number of nitrogens with one attached hydrogen (secondary N) is 2. The number of anilines is 2. The van der Waals surface area contributed by atoms with Crippen molar-refractivity contribution >= 4 is 27.3 Å². The predicted octanol–water partition coefficient (Wildman–Crippen LogP) is 2.22. The smallest absolute Gasteiger partial charge is 0.262 e. The van der Waals surface area contributed by atoms with Crippen molar-refractivity contribution in [2.24, 2.45) is 0 Å². The van der Waals surface area contributed by atoms with E-state index in [9.17, 15) is 17.6 Å². The Kier molecular flexibility index (Phi) is 5.81. The van der Waals surface area contributed by atoms with Gasteiger partial charge in [-0.15, -0.1) is 0 Å². The number of amides is 1. The molecule has 0 bridgehead atoms. The Labute approximate surface area is 144 Å². The molecule has 0 fully saturated rings. The summed E-state index contributed by atoms with van der Waals surface area (Å²) in [4.78, 5) is 12.0. The minimum Gasteiger partial charge on any atom is -0.493 e. The standard InChI is InChI=1S/C16H17FN2O5S/c1-23-14-5-3-4-6-15(14)24-10-16(20)18-13-9-11(17)7-8-12(13)19-25(2,21)22/h3-9,19H,10H2,1-2H3,(H,18,20). The number of rotatable bonds is 7. The van der Waals surface area contributed by atoms with Gasteiger partial charge in [-0.05, 0) is 30.3 Å². The summed E-state index contributed by atoms with van der Waals surface area (Å²) in [6, 6.07) is 10.1. The second kappa shape index (κ2) is 7.84. The lowest BCUT2D eigenvalue weighted by molar-refractivity contribution is -0.118. The van der Waals surface area contributed by atoms with Crippen LogP contribution >= 0.6 is 0 Å². The van der Waals surface area contributed by atoms with Crippen LogP contribution in [0.2, 0.25) is 0 Å². The van der Waals surface area contributed by atoms with Gasteiger partial charge in [0.2, 0.25) is 10.0 Å². The molecule has 2 aromatic rings. The van der Waals surface area contributed by atoms with E-state index < -0.39 is 21.7 Å². The lowest BCUT2D eigenvalue weighted by Gasteiger charge is -2.13. The van der Waals surface area contributed by atoms with Crippen LogP contribution in [0.25, 0.3) is 0 Å². The summed E-state index contributed by atoms with van der Waals surface area (Å²) in [6.45, 7) is -0.366. The highest BCUT2D eigenvalue weighted by atomic mass is 32.2. The van der Waals surface area contributed by atoms with Gasteiger partial charge in [0.05, 0.1) is 24.7 Å². The number of methoxy groups -OCH3 is 1. The summed E-state index contributed by atoms with van der Waals surface area (Å²) in [5.41, 5.74) is 0.0357. The van der Waals surface area contributed by atoms with Crippen LogP contribution in [0.4, 0.5) is 15.8 Å². The van der Waals surface area contributed by atoms with E-state index in [1.54, 1.807) is 24.3 Å². The monoisotopic (exact) mass is 368 g/mol. The molecule has 0 aromatic heterocycles. The fraction of sp³-hybridized carbons (Fsp3) is 0.188. The van der Waals surface area contributed by atoms with E-state index in [-0.39, 0.29) is 18.0 Å². The molecule has 0 heterocycles. The largest absolute Gasteiger partial charge is 0.493 e. The Bertz CT molecular complexity index is 871. The molecule has 0 saturated carbocycles. The number of hydrogen-bond donors (Lipinski definition) is 2. The Morgan fingerprint density at radius 3 is 2.44 bits per heavy atom. The molecule has 2 rings (SSSR count). The zero-order valence-corrected chi connectivity index (χ0v) is 14.4. The molecule has 0 unspecified atom stereocenters. The van der Waals surface area contributed by atoms with Gasteiger partial charge in [0, 0.05) is 0 Å². The van der Waals surface area contributed by atoms with Gasteiger partial charge in [0.15, 0.2) is 18.1 Å². The molecule has 2 N–H and O–H groups in total. The maximum Gasteiger partial charge on any atom is 0.262 e. The van der Waals surface area contributed by atoms with Gasteiger partial charge in [-0.1, -0.05) is 12.1 Å². The van der Waals surface area contributed by atoms with Crippen LogP contribution in [-0.2, 0) is 14.8 Å². The lowest BCUT2D eigenvalue weighted by Crippen LogP contribution is -2.22. The van der Waals surface area contributed by atoms with Crippen LogP contribution in [0.5, 0.6) is 11.5 Å². The molecular weight excluding hydrogens is 351 g/mol. The Morgan fingerprint density at radius 1 is 1.12 bits per heavy atom. The third kappa shape index (κ3) is 5.64. The highest BCUT2D eigenvalue weighted by Crippen LogP contribution is 2.26. The van der Waals surface area contributed by atoms with Gasteiger partial charge >= 0.3 is 0 Å². The van der Waals surface area contributed by atoms with E-state index in [2.05, 4.69) is 10.0 Å². The normalized spacial score (nSPS) is 10.8. The molecular formula is C16H17FN2O5S. The molecule has 25 heavy (non-hydrogen) atoms. The third-order valence-corrected chi connectivity index (χ3v) is 3.57. The lowest BCUT2D eigenvalue weighted by atomic mass is 10.2. The Morgan fingerprint density at radius 2 is 1.80 bits per heavy atom. The highest BCUT2D eigenvalue weighted by Gasteiger charge is 2.13. The van der Waals surface area contributed by atoms with Crippen LogP contribution in [-0.4, -0.2) is 34.3 Å². The molecule has 0 saturated heterocycles. The molecule has 0 atom stereocenters. The van der Waals surface area contributed by atoms with Crippen molar-refractivity contribution in [2.45, 2.75) is 0 Å². The molecule has 0 aliphatic carbocycles. The van der Waals surface area contributed by atoms with Gasteiger partial charge in [-0.3, -0.25) is 9.52 Å². The van der Waals surface area contributed by atoms with Gasteiger partial charge in [-0.25, -0.2) is 12.8 Å². The number of benzene rings is 2. The summed E-state index contributed by atoms with van der Waals surface area (Å²) in [5, 5.41) is 2.41. The summed E-state index contributed by atoms with van der Waals surface area (Å²) < 4.78 is 48.8. The minimum atomic E-state index is -3.58. The van der Waals surface area contributed by atoms with Gasteiger partial charge in [0.1, 0.15) is 5.82 Å². The summed E-state index contributed by atoms with van der Waals surface area (Å²) in [7, 11) is -2.11.